The van der Waals surface area contributed by atoms with Gasteiger partial charge in [0.05, 0.1) is 16.8 Å². The number of carbonyl (C=O) groups excluding carboxylic acids is 2. The smallest absolute Gasteiger partial charge is 0.349 e. The van der Waals surface area contributed by atoms with Gasteiger partial charge in [0.25, 0.3) is 0 Å². The van der Waals surface area contributed by atoms with Gasteiger partial charge in [-0.05, 0) is 19.1 Å². The summed E-state index contributed by atoms with van der Waals surface area (Å²) in [4.78, 5) is 26.7. The number of hydrogen-bond donors (Lipinski definition) is 2. The summed E-state index contributed by atoms with van der Waals surface area (Å²) in [6, 6.07) is 4.80. The Morgan fingerprint density at radius 3 is 2.88 bits per heavy atom. The average Bonchev–Trinajstić information content (AvgIpc) is 2.56. The van der Waals surface area contributed by atoms with Gasteiger partial charge in [-0.15, -0.1) is 0 Å². The van der Waals surface area contributed by atoms with Gasteiger partial charge in [-0.1, -0.05) is 6.07 Å². The molecule has 88 valence electrons. The van der Waals surface area contributed by atoms with E-state index in [1.807, 2.05) is 6.92 Å². The van der Waals surface area contributed by atoms with Gasteiger partial charge < -0.3 is 15.8 Å². The number of benzene rings is 1. The second-order valence-corrected chi connectivity index (χ2v) is 3.39. The number of ether oxygens (including phenoxy) is 1. The number of aliphatic imine (C=N–C) groups is 1. The van der Waals surface area contributed by atoms with E-state index < -0.39 is 11.9 Å². The Balaban J connectivity index is 2.41. The van der Waals surface area contributed by atoms with Gasteiger partial charge in [-0.25, -0.2) is 9.59 Å². The predicted octanol–water partition coefficient (Wildman–Crippen LogP) is 0.744. The van der Waals surface area contributed by atoms with Crippen molar-refractivity contribution < 1.29 is 14.3 Å². The van der Waals surface area contributed by atoms with Gasteiger partial charge in [0.2, 0.25) is 0 Å². The van der Waals surface area contributed by atoms with Crippen molar-refractivity contribution in [2.75, 3.05) is 11.9 Å². The summed E-state index contributed by atoms with van der Waals surface area (Å²) in [6.07, 6.45) is 0. The summed E-state index contributed by atoms with van der Waals surface area (Å²) in [5, 5.41) is 2.77. The zero-order valence-electron chi connectivity index (χ0n) is 9.19. The number of nitrogens with zero attached hydrogens (tertiary/aromatic N) is 1. The molecular weight excluding hydrogens is 222 g/mol. The highest BCUT2D eigenvalue weighted by atomic mass is 16.6. The minimum absolute atomic E-state index is 0.188. The first-order valence-electron chi connectivity index (χ1n) is 5.10. The van der Waals surface area contributed by atoms with Crippen LogP contribution < -0.4 is 11.1 Å². The topological polar surface area (TPSA) is 93.8 Å². The maximum absolute atomic E-state index is 11.5. The van der Waals surface area contributed by atoms with Crippen LogP contribution in [0.1, 0.15) is 27.6 Å². The zero-order valence-corrected chi connectivity index (χ0v) is 9.19. The summed E-state index contributed by atoms with van der Waals surface area (Å²) < 4.78 is 4.52. The Bertz CT molecular complexity index is 523. The maximum atomic E-state index is 11.5. The number of esters is 2. The molecule has 0 spiro atoms. The van der Waals surface area contributed by atoms with Crippen LogP contribution in [0, 0.1) is 0 Å². The molecule has 1 aromatic carbocycles. The van der Waals surface area contributed by atoms with Crippen molar-refractivity contribution in [3.05, 3.63) is 29.3 Å². The van der Waals surface area contributed by atoms with Crippen molar-refractivity contribution in [3.8, 4) is 0 Å². The monoisotopic (exact) mass is 233 g/mol. The number of nitrogens with one attached hydrogen (secondary N) is 1. The highest BCUT2D eigenvalue weighted by Gasteiger charge is 2.32. The number of fused-ring (bicyclic) bond motifs is 1. The molecule has 6 heteroatoms. The lowest BCUT2D eigenvalue weighted by Crippen LogP contribution is -2.23. The summed E-state index contributed by atoms with van der Waals surface area (Å²) in [5.41, 5.74) is 6.46. The van der Waals surface area contributed by atoms with E-state index in [9.17, 15) is 9.59 Å². The second-order valence-electron chi connectivity index (χ2n) is 3.39. The third-order valence-electron chi connectivity index (χ3n) is 2.27. The van der Waals surface area contributed by atoms with Gasteiger partial charge in [-0.2, -0.15) is 0 Å². The largest absolute Gasteiger partial charge is 0.386 e. The standard InChI is InChI=1S/C11H11N3O3/c1-2-13-11(12)14-7-5-3-4-6-8(7)10(16)17-9(6)15/h3-5H,2H2,1H3,(H3,12,13,14). The van der Waals surface area contributed by atoms with Gasteiger partial charge in [0.15, 0.2) is 5.96 Å². The molecule has 1 aliphatic rings. The van der Waals surface area contributed by atoms with E-state index in [1.165, 1.54) is 6.07 Å². The van der Waals surface area contributed by atoms with Crippen LogP contribution >= 0.6 is 0 Å². The van der Waals surface area contributed by atoms with Gasteiger partial charge in [-0.3, -0.25) is 4.99 Å². The fraction of sp³-hybridized carbons (Fsp3) is 0.182. The number of guanidine groups is 1. The fourth-order valence-corrected chi connectivity index (χ4v) is 1.58. The molecule has 0 atom stereocenters. The molecule has 0 bridgehead atoms. The van der Waals surface area contributed by atoms with Crippen LogP contribution in [0.15, 0.2) is 23.2 Å². The molecule has 0 aliphatic carbocycles. The fourth-order valence-electron chi connectivity index (χ4n) is 1.58. The number of nitrogens with two attached hydrogens (primary N) is 1. The van der Waals surface area contributed by atoms with E-state index in [-0.39, 0.29) is 17.1 Å². The molecule has 0 unspecified atom stereocenters. The number of cyclic esters (lactones) is 2. The average molecular weight is 233 g/mol. The quantitative estimate of drug-likeness (QED) is 0.340. The molecule has 1 aromatic rings. The highest BCUT2D eigenvalue weighted by Crippen LogP contribution is 2.26. The van der Waals surface area contributed by atoms with E-state index >= 15 is 0 Å². The van der Waals surface area contributed by atoms with E-state index in [2.05, 4.69) is 15.0 Å². The van der Waals surface area contributed by atoms with Crippen LogP contribution in [-0.2, 0) is 4.74 Å². The lowest BCUT2D eigenvalue weighted by molar-refractivity contribution is 0.0444. The van der Waals surface area contributed by atoms with Gasteiger partial charge in [0, 0.05) is 6.54 Å². The molecule has 0 aromatic heterocycles. The van der Waals surface area contributed by atoms with Crippen molar-refractivity contribution in [3.63, 3.8) is 0 Å². The summed E-state index contributed by atoms with van der Waals surface area (Å²) in [5.74, 6) is -1.12. The van der Waals surface area contributed by atoms with Crippen LogP contribution in [-0.4, -0.2) is 24.4 Å². The Labute approximate surface area is 97.5 Å². The molecule has 17 heavy (non-hydrogen) atoms. The Hall–Kier alpha value is -2.37. The zero-order chi connectivity index (χ0) is 12.4. The molecule has 0 radical (unpaired) electrons. The molecule has 6 nitrogen and oxygen atoms in total. The molecule has 3 N–H and O–H groups in total. The molecule has 0 fully saturated rings. The molecule has 2 rings (SSSR count). The molecular formula is C11H11N3O3. The first kappa shape index (κ1) is 11.1. The van der Waals surface area contributed by atoms with Crippen molar-refractivity contribution in [1.82, 2.24) is 0 Å². The van der Waals surface area contributed by atoms with Gasteiger partial charge >= 0.3 is 11.9 Å². The number of carbonyl (C=O) groups is 2. The van der Waals surface area contributed by atoms with E-state index in [1.54, 1.807) is 12.1 Å². The lowest BCUT2D eigenvalue weighted by atomic mass is 10.1. The van der Waals surface area contributed by atoms with Crippen LogP contribution in [0.4, 0.5) is 5.69 Å². The Kier molecular flexibility index (Phi) is 2.78. The van der Waals surface area contributed by atoms with E-state index in [0.717, 1.165) is 0 Å². The third-order valence-corrected chi connectivity index (χ3v) is 2.27. The maximum Gasteiger partial charge on any atom is 0.349 e. The van der Waals surface area contributed by atoms with Crippen molar-refractivity contribution >= 4 is 23.6 Å². The molecule has 1 heterocycles. The minimum Gasteiger partial charge on any atom is -0.386 e. The summed E-state index contributed by atoms with van der Waals surface area (Å²) in [7, 11) is 0. The van der Waals surface area contributed by atoms with Crippen LogP contribution in [0.25, 0.3) is 0 Å². The summed E-state index contributed by atoms with van der Waals surface area (Å²) >= 11 is 0. The van der Waals surface area contributed by atoms with Crippen molar-refractivity contribution in [1.29, 1.82) is 0 Å². The second kappa shape index (κ2) is 4.25. The lowest BCUT2D eigenvalue weighted by Gasteiger charge is -2.07. The first-order valence-corrected chi connectivity index (χ1v) is 5.10. The normalized spacial score (nSPS) is 14.5. The van der Waals surface area contributed by atoms with Crippen molar-refractivity contribution in [2.45, 2.75) is 6.92 Å². The van der Waals surface area contributed by atoms with E-state index in [4.69, 9.17) is 5.73 Å². The first-order chi connectivity index (χ1) is 8.13. The minimum atomic E-state index is -0.669. The van der Waals surface area contributed by atoms with Crippen LogP contribution in [0.2, 0.25) is 0 Å². The highest BCUT2D eigenvalue weighted by molar-refractivity contribution is 6.18. The number of anilines is 1. The Morgan fingerprint density at radius 2 is 2.18 bits per heavy atom. The Morgan fingerprint density at radius 1 is 1.41 bits per heavy atom. The van der Waals surface area contributed by atoms with E-state index in [0.29, 0.717) is 12.2 Å². The van der Waals surface area contributed by atoms with Crippen LogP contribution in [0.5, 0.6) is 0 Å². The SMILES string of the molecule is CCN=C(N)Nc1cccc2c1C(=O)OC2=O. The van der Waals surface area contributed by atoms with Crippen molar-refractivity contribution in [2.24, 2.45) is 10.7 Å². The number of hydrogen-bond acceptors (Lipinski definition) is 4. The molecule has 0 saturated heterocycles. The number of rotatable bonds is 2. The van der Waals surface area contributed by atoms with Gasteiger partial charge in [0.1, 0.15) is 0 Å². The molecule has 0 amide bonds. The third kappa shape index (κ3) is 1.96. The predicted molar refractivity (Wildman–Crippen MR) is 62.0 cm³/mol. The molecule has 0 saturated carbocycles. The van der Waals surface area contributed by atoms with Crippen LogP contribution in [0.3, 0.4) is 0 Å². The molecule has 1 aliphatic heterocycles. The summed E-state index contributed by atoms with van der Waals surface area (Å²) in [6.45, 7) is 2.36.